The van der Waals surface area contributed by atoms with Crippen molar-refractivity contribution >= 4 is 12.1 Å². The first-order valence-corrected chi connectivity index (χ1v) is 7.50. The van der Waals surface area contributed by atoms with E-state index in [0.29, 0.717) is 19.6 Å². The zero-order valence-corrected chi connectivity index (χ0v) is 13.2. The van der Waals surface area contributed by atoms with Gasteiger partial charge in [-0.05, 0) is 18.5 Å². The molecule has 1 heterocycles. The molecule has 1 aliphatic rings. The Kier molecular flexibility index (Phi) is 5.95. The summed E-state index contributed by atoms with van der Waals surface area (Å²) >= 11 is 0. The second-order valence-corrected chi connectivity index (χ2v) is 5.56. The van der Waals surface area contributed by atoms with Crippen molar-refractivity contribution in [3.63, 3.8) is 0 Å². The molecule has 0 atom stereocenters. The molecule has 1 amide bonds. The second kappa shape index (κ2) is 7.94. The molecule has 1 aromatic rings. The number of carboxylic acids is 1. The van der Waals surface area contributed by atoms with Crippen molar-refractivity contribution in [3.05, 3.63) is 35.9 Å². The SMILES string of the molecule is COCCCNC1(C(=O)O)CN(C(=O)OCc2ccccc2)C1. The van der Waals surface area contributed by atoms with E-state index in [1.165, 1.54) is 4.90 Å². The summed E-state index contributed by atoms with van der Waals surface area (Å²) in [6.07, 6.45) is 0.216. The van der Waals surface area contributed by atoms with Crippen molar-refractivity contribution in [2.24, 2.45) is 0 Å². The number of likely N-dealkylation sites (tertiary alicyclic amines) is 1. The second-order valence-electron chi connectivity index (χ2n) is 5.56. The molecule has 126 valence electrons. The Bertz CT molecular complexity index is 529. The minimum Gasteiger partial charge on any atom is -0.480 e. The van der Waals surface area contributed by atoms with Crippen LogP contribution in [0.3, 0.4) is 0 Å². The summed E-state index contributed by atoms with van der Waals surface area (Å²) in [6.45, 7) is 1.46. The van der Waals surface area contributed by atoms with Gasteiger partial charge in [0.05, 0.1) is 13.1 Å². The molecule has 1 fully saturated rings. The Labute approximate surface area is 135 Å². The number of hydrogen-bond acceptors (Lipinski definition) is 5. The zero-order valence-electron chi connectivity index (χ0n) is 13.2. The number of ether oxygens (including phenoxy) is 2. The number of amides is 1. The van der Waals surface area contributed by atoms with Gasteiger partial charge in [-0.1, -0.05) is 30.3 Å². The van der Waals surface area contributed by atoms with Crippen LogP contribution in [0.4, 0.5) is 4.79 Å². The lowest BCUT2D eigenvalue weighted by Gasteiger charge is -2.46. The average molecular weight is 322 g/mol. The highest BCUT2D eigenvalue weighted by molar-refractivity contribution is 5.84. The molecule has 1 aliphatic heterocycles. The van der Waals surface area contributed by atoms with Gasteiger partial charge in [-0.25, -0.2) is 4.79 Å². The van der Waals surface area contributed by atoms with Gasteiger partial charge < -0.3 is 19.5 Å². The fourth-order valence-electron chi connectivity index (χ4n) is 2.41. The number of carbonyl (C=O) groups is 2. The van der Waals surface area contributed by atoms with Crippen LogP contribution in [0.2, 0.25) is 0 Å². The first-order chi connectivity index (χ1) is 11.1. The Morgan fingerprint density at radius 2 is 2.00 bits per heavy atom. The number of hydrogen-bond donors (Lipinski definition) is 2. The first-order valence-electron chi connectivity index (χ1n) is 7.50. The predicted octanol–water partition coefficient (Wildman–Crippen LogP) is 1.09. The molecule has 0 spiro atoms. The van der Waals surface area contributed by atoms with Gasteiger partial charge in [0.2, 0.25) is 0 Å². The highest BCUT2D eigenvalue weighted by Crippen LogP contribution is 2.22. The molecule has 1 aromatic carbocycles. The van der Waals surface area contributed by atoms with Gasteiger partial charge in [0.25, 0.3) is 0 Å². The van der Waals surface area contributed by atoms with E-state index in [4.69, 9.17) is 9.47 Å². The number of nitrogens with one attached hydrogen (secondary N) is 1. The fraction of sp³-hybridized carbons (Fsp3) is 0.500. The Morgan fingerprint density at radius 1 is 1.30 bits per heavy atom. The highest BCUT2D eigenvalue weighted by atomic mass is 16.6. The maximum Gasteiger partial charge on any atom is 0.410 e. The molecular formula is C16H22N2O5. The summed E-state index contributed by atoms with van der Waals surface area (Å²) in [7, 11) is 1.60. The van der Waals surface area contributed by atoms with Crippen LogP contribution >= 0.6 is 0 Å². The number of nitrogens with zero attached hydrogens (tertiary/aromatic N) is 1. The van der Waals surface area contributed by atoms with Gasteiger partial charge in [-0.2, -0.15) is 0 Å². The van der Waals surface area contributed by atoms with Crippen LogP contribution in [0, 0.1) is 0 Å². The van der Waals surface area contributed by atoms with Crippen molar-refractivity contribution in [1.82, 2.24) is 10.2 Å². The van der Waals surface area contributed by atoms with Crippen LogP contribution in [0.15, 0.2) is 30.3 Å². The standard InChI is InChI=1S/C16H22N2O5/c1-22-9-5-8-17-16(14(19)20)11-18(12-16)15(21)23-10-13-6-3-2-4-7-13/h2-4,6-7,17H,5,8-12H2,1H3,(H,19,20). The monoisotopic (exact) mass is 322 g/mol. The predicted molar refractivity (Wildman–Crippen MR) is 83.1 cm³/mol. The molecule has 7 nitrogen and oxygen atoms in total. The Morgan fingerprint density at radius 3 is 2.61 bits per heavy atom. The third-order valence-corrected chi connectivity index (χ3v) is 3.78. The van der Waals surface area contributed by atoms with Gasteiger partial charge >= 0.3 is 12.1 Å². The van der Waals surface area contributed by atoms with Crippen LogP contribution in [0.5, 0.6) is 0 Å². The summed E-state index contributed by atoms with van der Waals surface area (Å²) in [5.74, 6) is -0.956. The molecule has 23 heavy (non-hydrogen) atoms. The van der Waals surface area contributed by atoms with Crippen LogP contribution in [0.1, 0.15) is 12.0 Å². The largest absolute Gasteiger partial charge is 0.480 e. The van der Waals surface area contributed by atoms with Crippen molar-refractivity contribution in [2.75, 3.05) is 33.4 Å². The number of carboxylic acid groups (broad SMARTS) is 1. The number of carbonyl (C=O) groups excluding carboxylic acids is 1. The molecule has 0 radical (unpaired) electrons. The zero-order chi connectivity index (χ0) is 16.7. The molecule has 0 unspecified atom stereocenters. The van der Waals surface area contributed by atoms with Crippen LogP contribution < -0.4 is 5.32 Å². The van der Waals surface area contributed by atoms with E-state index < -0.39 is 17.6 Å². The molecule has 7 heteroatoms. The van der Waals surface area contributed by atoms with Gasteiger partial charge in [-0.15, -0.1) is 0 Å². The lowest BCUT2D eigenvalue weighted by molar-refractivity contribution is -0.151. The molecule has 0 aliphatic carbocycles. The fourth-order valence-corrected chi connectivity index (χ4v) is 2.41. The van der Waals surface area contributed by atoms with Crippen molar-refractivity contribution < 1.29 is 24.2 Å². The van der Waals surface area contributed by atoms with E-state index in [9.17, 15) is 14.7 Å². The van der Waals surface area contributed by atoms with Crippen molar-refractivity contribution in [1.29, 1.82) is 0 Å². The molecular weight excluding hydrogens is 300 g/mol. The van der Waals surface area contributed by atoms with Crippen LogP contribution in [0.25, 0.3) is 0 Å². The maximum absolute atomic E-state index is 11.9. The lowest BCUT2D eigenvalue weighted by Crippen LogP contribution is -2.74. The molecule has 1 saturated heterocycles. The first kappa shape index (κ1) is 17.2. The molecule has 2 N–H and O–H groups in total. The quantitative estimate of drug-likeness (QED) is 0.697. The van der Waals surface area contributed by atoms with E-state index in [1.54, 1.807) is 7.11 Å². The smallest absolute Gasteiger partial charge is 0.410 e. The summed E-state index contributed by atoms with van der Waals surface area (Å²) in [4.78, 5) is 24.8. The Hall–Kier alpha value is -2.12. The van der Waals surface area contributed by atoms with Crippen molar-refractivity contribution in [2.45, 2.75) is 18.6 Å². The summed E-state index contributed by atoms with van der Waals surface area (Å²) in [5.41, 5.74) is -0.192. The average Bonchev–Trinajstić information content (AvgIpc) is 2.51. The molecule has 2 rings (SSSR count). The van der Waals surface area contributed by atoms with Gasteiger partial charge in [0.1, 0.15) is 6.61 Å². The summed E-state index contributed by atoms with van der Waals surface area (Å²) in [5, 5.41) is 12.4. The van der Waals surface area contributed by atoms with Crippen LogP contribution in [-0.2, 0) is 20.9 Å². The minimum absolute atomic E-state index is 0.100. The highest BCUT2D eigenvalue weighted by Gasteiger charge is 2.51. The number of aliphatic carboxylic acids is 1. The topological polar surface area (TPSA) is 88.1 Å². The molecule has 0 aromatic heterocycles. The normalized spacial score (nSPS) is 15.8. The minimum atomic E-state index is -1.08. The number of rotatable bonds is 8. The number of methoxy groups -OCH3 is 1. The third-order valence-electron chi connectivity index (χ3n) is 3.78. The molecule has 0 bridgehead atoms. The molecule has 0 saturated carbocycles. The third kappa shape index (κ3) is 4.43. The van der Waals surface area contributed by atoms with Gasteiger partial charge in [0, 0.05) is 13.7 Å². The number of benzene rings is 1. The Balaban J connectivity index is 1.77. The van der Waals surface area contributed by atoms with E-state index in [0.717, 1.165) is 5.56 Å². The van der Waals surface area contributed by atoms with E-state index in [2.05, 4.69) is 5.32 Å². The van der Waals surface area contributed by atoms with E-state index in [1.807, 2.05) is 30.3 Å². The van der Waals surface area contributed by atoms with Crippen LogP contribution in [-0.4, -0.2) is 61.0 Å². The van der Waals surface area contributed by atoms with E-state index in [-0.39, 0.29) is 19.7 Å². The summed E-state index contributed by atoms with van der Waals surface area (Å²) < 4.78 is 10.1. The lowest BCUT2D eigenvalue weighted by atomic mass is 9.90. The van der Waals surface area contributed by atoms with Gasteiger partial charge in [0.15, 0.2) is 5.54 Å². The maximum atomic E-state index is 11.9. The van der Waals surface area contributed by atoms with Gasteiger partial charge in [-0.3, -0.25) is 10.1 Å². The summed E-state index contributed by atoms with van der Waals surface area (Å²) in [6, 6.07) is 9.35. The van der Waals surface area contributed by atoms with Crippen molar-refractivity contribution in [3.8, 4) is 0 Å². The van der Waals surface area contributed by atoms with E-state index >= 15 is 0 Å².